The number of nitriles is 1. The van der Waals surface area contributed by atoms with E-state index in [1.807, 2.05) is 6.07 Å². The molecule has 1 aliphatic carbocycles. The Morgan fingerprint density at radius 3 is 2.74 bits per heavy atom. The molecule has 98 valence electrons. The fraction of sp³-hybridized carbons (Fsp3) is 0.467. The normalized spacial score (nSPS) is 19.2. The predicted octanol–water partition coefficient (Wildman–Crippen LogP) is 1.68. The third-order valence-corrected chi connectivity index (χ3v) is 4.09. The molecule has 4 heteroatoms. The van der Waals surface area contributed by atoms with Crippen molar-refractivity contribution in [2.45, 2.75) is 19.3 Å². The van der Waals surface area contributed by atoms with Crippen LogP contribution >= 0.6 is 0 Å². The highest BCUT2D eigenvalue weighted by Gasteiger charge is 2.48. The summed E-state index contributed by atoms with van der Waals surface area (Å²) in [5.41, 5.74) is 2.60. The van der Waals surface area contributed by atoms with Gasteiger partial charge in [0, 0.05) is 12.7 Å². The van der Waals surface area contributed by atoms with E-state index in [0.29, 0.717) is 0 Å². The van der Waals surface area contributed by atoms with Crippen LogP contribution in [0.3, 0.4) is 0 Å². The molecule has 0 bridgehead atoms. The molecule has 0 aromatic heterocycles. The van der Waals surface area contributed by atoms with Crippen LogP contribution in [0.5, 0.6) is 0 Å². The maximum atomic E-state index is 12.4. The predicted molar refractivity (Wildman–Crippen MR) is 70.7 cm³/mol. The van der Waals surface area contributed by atoms with Gasteiger partial charge in [-0.25, -0.2) is 0 Å². The van der Waals surface area contributed by atoms with Gasteiger partial charge >= 0.3 is 0 Å². The largest absolute Gasteiger partial charge is 0.377 e. The van der Waals surface area contributed by atoms with Crippen molar-refractivity contribution >= 4 is 11.6 Å². The zero-order valence-corrected chi connectivity index (χ0v) is 11.0. The number of ether oxygens (including phenoxy) is 1. The zero-order valence-electron chi connectivity index (χ0n) is 11.0. The number of carbonyl (C=O) groups excluding carboxylic acids is 1. The Balaban J connectivity index is 1.86. The van der Waals surface area contributed by atoms with Crippen LogP contribution in [0.1, 0.15) is 17.5 Å². The van der Waals surface area contributed by atoms with Gasteiger partial charge in [0.25, 0.3) is 5.91 Å². The Labute approximate surface area is 112 Å². The average Bonchev–Trinajstić information content (AvgIpc) is 2.84. The van der Waals surface area contributed by atoms with Gasteiger partial charge in [0.15, 0.2) is 5.41 Å². The number of carbonyl (C=O) groups is 1. The summed E-state index contributed by atoms with van der Waals surface area (Å²) in [5, 5.41) is 9.18. The van der Waals surface area contributed by atoms with Gasteiger partial charge in [-0.05, 0) is 42.5 Å². The second-order valence-corrected chi connectivity index (χ2v) is 5.36. The van der Waals surface area contributed by atoms with E-state index in [4.69, 9.17) is 4.74 Å². The Morgan fingerprint density at radius 2 is 2.11 bits per heavy atom. The highest BCUT2D eigenvalue weighted by molar-refractivity contribution is 5.99. The van der Waals surface area contributed by atoms with Gasteiger partial charge in [-0.2, -0.15) is 5.26 Å². The lowest BCUT2D eigenvalue weighted by molar-refractivity contribution is -0.146. The summed E-state index contributed by atoms with van der Waals surface area (Å²) >= 11 is 0. The van der Waals surface area contributed by atoms with E-state index >= 15 is 0 Å². The first-order valence-corrected chi connectivity index (χ1v) is 6.55. The quantitative estimate of drug-likeness (QED) is 0.809. The monoisotopic (exact) mass is 256 g/mol. The third-order valence-electron chi connectivity index (χ3n) is 4.09. The third kappa shape index (κ3) is 1.82. The van der Waals surface area contributed by atoms with Crippen LogP contribution in [0.15, 0.2) is 18.2 Å². The summed E-state index contributed by atoms with van der Waals surface area (Å²) in [6.07, 6.45) is 3.40. The molecule has 1 aromatic carbocycles. The van der Waals surface area contributed by atoms with Crippen molar-refractivity contribution in [1.29, 1.82) is 5.26 Å². The SMILES string of the molecule is CN(C(=O)C1(C#N)COC1)c1ccc2c(c1)CCC2. The highest BCUT2D eigenvalue weighted by atomic mass is 16.5. The average molecular weight is 256 g/mol. The summed E-state index contributed by atoms with van der Waals surface area (Å²) < 4.78 is 5.04. The molecule has 1 saturated heterocycles. The van der Waals surface area contributed by atoms with E-state index in [1.165, 1.54) is 17.5 Å². The molecular weight excluding hydrogens is 240 g/mol. The number of hydrogen-bond acceptors (Lipinski definition) is 3. The van der Waals surface area contributed by atoms with Crippen molar-refractivity contribution in [3.8, 4) is 6.07 Å². The Bertz CT molecular complexity index is 570. The topological polar surface area (TPSA) is 53.3 Å². The van der Waals surface area contributed by atoms with E-state index in [-0.39, 0.29) is 19.1 Å². The Kier molecular flexibility index (Phi) is 2.79. The molecule has 4 nitrogen and oxygen atoms in total. The minimum absolute atomic E-state index is 0.167. The summed E-state index contributed by atoms with van der Waals surface area (Å²) in [5.74, 6) is -0.167. The number of amides is 1. The van der Waals surface area contributed by atoms with Gasteiger partial charge in [0.2, 0.25) is 0 Å². The minimum Gasteiger partial charge on any atom is -0.377 e. The molecule has 0 unspecified atom stereocenters. The fourth-order valence-electron chi connectivity index (χ4n) is 2.75. The second-order valence-electron chi connectivity index (χ2n) is 5.36. The first-order chi connectivity index (χ1) is 9.16. The van der Waals surface area contributed by atoms with Crippen molar-refractivity contribution in [3.05, 3.63) is 29.3 Å². The lowest BCUT2D eigenvalue weighted by Crippen LogP contribution is -2.53. The lowest BCUT2D eigenvalue weighted by atomic mass is 9.86. The number of fused-ring (bicyclic) bond motifs is 1. The molecule has 1 aliphatic heterocycles. The maximum absolute atomic E-state index is 12.4. The van der Waals surface area contributed by atoms with Gasteiger partial charge in [-0.1, -0.05) is 6.07 Å². The maximum Gasteiger partial charge on any atom is 0.252 e. The van der Waals surface area contributed by atoms with Crippen molar-refractivity contribution in [2.75, 3.05) is 25.2 Å². The zero-order chi connectivity index (χ0) is 13.5. The van der Waals surface area contributed by atoms with Crippen molar-refractivity contribution in [1.82, 2.24) is 0 Å². The minimum atomic E-state index is -0.978. The second kappa shape index (κ2) is 4.36. The molecule has 3 rings (SSSR count). The number of aryl methyl sites for hydroxylation is 2. The first-order valence-electron chi connectivity index (χ1n) is 6.55. The molecule has 0 spiro atoms. The molecule has 1 fully saturated rings. The summed E-state index contributed by atoms with van der Waals surface area (Å²) in [6, 6.07) is 8.24. The summed E-state index contributed by atoms with van der Waals surface area (Å²) in [7, 11) is 1.73. The van der Waals surface area contributed by atoms with Crippen LogP contribution in [-0.4, -0.2) is 26.2 Å². The van der Waals surface area contributed by atoms with Gasteiger partial charge in [-0.3, -0.25) is 4.79 Å². The van der Waals surface area contributed by atoms with E-state index < -0.39 is 5.41 Å². The van der Waals surface area contributed by atoms with Crippen LogP contribution in [0.25, 0.3) is 0 Å². The van der Waals surface area contributed by atoms with E-state index in [9.17, 15) is 10.1 Å². The molecule has 0 N–H and O–H groups in total. The molecular formula is C15H16N2O2. The van der Waals surface area contributed by atoms with Gasteiger partial charge < -0.3 is 9.64 Å². The van der Waals surface area contributed by atoms with Gasteiger partial charge in [0.1, 0.15) is 0 Å². The van der Waals surface area contributed by atoms with Crippen LogP contribution in [0.4, 0.5) is 5.69 Å². The van der Waals surface area contributed by atoms with Crippen LogP contribution in [0, 0.1) is 16.7 Å². The number of hydrogen-bond donors (Lipinski definition) is 0. The molecule has 1 heterocycles. The highest BCUT2D eigenvalue weighted by Crippen LogP contribution is 2.32. The molecule has 19 heavy (non-hydrogen) atoms. The smallest absolute Gasteiger partial charge is 0.252 e. The number of benzene rings is 1. The Hall–Kier alpha value is -1.86. The molecule has 0 saturated carbocycles. The fourth-order valence-corrected chi connectivity index (χ4v) is 2.75. The van der Waals surface area contributed by atoms with Gasteiger partial charge in [-0.15, -0.1) is 0 Å². The van der Waals surface area contributed by atoms with E-state index in [0.717, 1.165) is 18.5 Å². The van der Waals surface area contributed by atoms with Crippen molar-refractivity contribution in [3.63, 3.8) is 0 Å². The molecule has 2 aliphatic rings. The molecule has 0 radical (unpaired) electrons. The Morgan fingerprint density at radius 1 is 1.37 bits per heavy atom. The van der Waals surface area contributed by atoms with Gasteiger partial charge in [0.05, 0.1) is 19.3 Å². The first kappa shape index (κ1) is 12.2. The summed E-state index contributed by atoms with van der Waals surface area (Å²) in [6.45, 7) is 0.412. The lowest BCUT2D eigenvalue weighted by Gasteiger charge is -2.36. The number of nitrogens with zero attached hydrogens (tertiary/aromatic N) is 2. The molecule has 1 aromatic rings. The van der Waals surface area contributed by atoms with Crippen LogP contribution in [0.2, 0.25) is 0 Å². The number of rotatable bonds is 2. The standard InChI is InChI=1S/C15H16N2O2/c1-17(14(18)15(8-16)9-19-10-15)13-6-5-11-3-2-4-12(11)7-13/h5-7H,2-4,9-10H2,1H3. The van der Waals surface area contributed by atoms with Crippen molar-refractivity contribution in [2.24, 2.45) is 5.41 Å². The summed E-state index contributed by atoms with van der Waals surface area (Å²) in [4.78, 5) is 14.0. The molecule has 1 amide bonds. The van der Waals surface area contributed by atoms with Crippen LogP contribution in [-0.2, 0) is 22.4 Å². The van der Waals surface area contributed by atoms with E-state index in [2.05, 4.69) is 18.2 Å². The van der Waals surface area contributed by atoms with Crippen LogP contribution < -0.4 is 4.90 Å². The van der Waals surface area contributed by atoms with E-state index in [1.54, 1.807) is 11.9 Å². The van der Waals surface area contributed by atoms with Crippen molar-refractivity contribution < 1.29 is 9.53 Å². The number of anilines is 1. The molecule has 0 atom stereocenters.